The Labute approximate surface area is 171 Å². The predicted molar refractivity (Wildman–Crippen MR) is 98.6 cm³/mol. The maximum atomic E-state index is 13.1. The number of anilines is 1. The van der Waals surface area contributed by atoms with Gasteiger partial charge in [0.2, 0.25) is 5.91 Å². The molecule has 0 heterocycles. The highest BCUT2D eigenvalue weighted by atomic mass is 79.9. The molecule has 2 rings (SSSR count). The van der Waals surface area contributed by atoms with E-state index >= 15 is 0 Å². The number of nitrogens with one attached hydrogen (secondary N) is 2. The first kappa shape index (κ1) is 22.2. The van der Waals surface area contributed by atoms with Crippen LogP contribution in [0.15, 0.2) is 40.9 Å². The van der Waals surface area contributed by atoms with Gasteiger partial charge < -0.3 is 20.1 Å². The van der Waals surface area contributed by atoms with Crippen molar-refractivity contribution in [3.05, 3.63) is 58.3 Å². The summed E-state index contributed by atoms with van der Waals surface area (Å²) in [7, 11) is 0. The molecule has 0 saturated heterocycles. The zero-order chi connectivity index (χ0) is 21.4. The average Bonchev–Trinajstić information content (AvgIpc) is 2.67. The lowest BCUT2D eigenvalue weighted by molar-refractivity contribution is -0.150. The van der Waals surface area contributed by atoms with Crippen LogP contribution >= 0.6 is 15.9 Å². The minimum atomic E-state index is -1.13. The Morgan fingerprint density at radius 3 is 2.38 bits per heavy atom. The predicted octanol–water partition coefficient (Wildman–Crippen LogP) is 2.54. The fourth-order valence-electron chi connectivity index (χ4n) is 1.93. The normalized spacial score (nSPS) is 10.2. The van der Waals surface area contributed by atoms with Crippen LogP contribution in [0.5, 0.6) is 5.75 Å². The number of hydrogen-bond donors (Lipinski definition) is 2. The van der Waals surface area contributed by atoms with E-state index in [4.69, 9.17) is 4.74 Å². The molecular formula is C18H14BrF3N2O5. The van der Waals surface area contributed by atoms with E-state index in [2.05, 4.69) is 31.3 Å². The number of rotatable bonds is 8. The van der Waals surface area contributed by atoms with E-state index in [-0.39, 0.29) is 11.4 Å². The number of esters is 1. The molecule has 2 aromatic carbocycles. The maximum absolute atomic E-state index is 13.1. The van der Waals surface area contributed by atoms with Crippen molar-refractivity contribution in [1.82, 2.24) is 5.32 Å². The summed E-state index contributed by atoms with van der Waals surface area (Å²) in [5, 5.41) is 4.45. The van der Waals surface area contributed by atoms with E-state index in [0.717, 1.165) is 30.3 Å². The zero-order valence-electron chi connectivity index (χ0n) is 14.6. The zero-order valence-corrected chi connectivity index (χ0v) is 16.2. The minimum Gasteiger partial charge on any atom is -0.481 e. The van der Waals surface area contributed by atoms with Crippen molar-refractivity contribution in [2.45, 2.75) is 0 Å². The molecular weight excluding hydrogens is 461 g/mol. The first-order valence-corrected chi connectivity index (χ1v) is 8.79. The summed E-state index contributed by atoms with van der Waals surface area (Å²) in [4.78, 5) is 34.8. The van der Waals surface area contributed by atoms with Gasteiger partial charge in [-0.2, -0.15) is 0 Å². The van der Waals surface area contributed by atoms with Crippen molar-refractivity contribution < 1.29 is 37.0 Å². The third kappa shape index (κ3) is 7.45. The SMILES string of the molecule is O=C(COC(=O)COc1ccc(F)cc1Br)NCC(=O)Nc1ccc(F)c(F)c1. The van der Waals surface area contributed by atoms with Gasteiger partial charge in [-0.3, -0.25) is 9.59 Å². The van der Waals surface area contributed by atoms with Crippen molar-refractivity contribution >= 4 is 39.4 Å². The third-order valence-corrected chi connectivity index (χ3v) is 3.87. The summed E-state index contributed by atoms with van der Waals surface area (Å²) in [5.41, 5.74) is 0.0127. The molecule has 154 valence electrons. The maximum Gasteiger partial charge on any atom is 0.344 e. The first-order valence-electron chi connectivity index (χ1n) is 7.99. The van der Waals surface area contributed by atoms with Gasteiger partial charge in [-0.15, -0.1) is 0 Å². The van der Waals surface area contributed by atoms with Crippen LogP contribution in [0.4, 0.5) is 18.9 Å². The molecule has 0 radical (unpaired) electrons. The second kappa shape index (κ2) is 10.5. The van der Waals surface area contributed by atoms with Crippen LogP contribution in [0.1, 0.15) is 0 Å². The molecule has 29 heavy (non-hydrogen) atoms. The first-order chi connectivity index (χ1) is 13.7. The Bertz CT molecular complexity index is 926. The van der Waals surface area contributed by atoms with Crippen molar-refractivity contribution in [2.75, 3.05) is 25.1 Å². The van der Waals surface area contributed by atoms with Crippen LogP contribution in [-0.4, -0.2) is 37.5 Å². The molecule has 2 amide bonds. The standard InChI is InChI=1S/C18H14BrF3N2O5/c19-12-5-10(20)1-4-15(12)28-9-18(27)29-8-17(26)23-7-16(25)24-11-2-3-13(21)14(22)6-11/h1-6H,7-9H2,(H,23,26)(H,24,25). The van der Waals surface area contributed by atoms with Crippen LogP contribution in [-0.2, 0) is 19.1 Å². The summed E-state index contributed by atoms with van der Waals surface area (Å²) in [6.45, 7) is -1.66. The Hall–Kier alpha value is -3.08. The second-order valence-corrected chi connectivity index (χ2v) is 6.33. The molecule has 0 fully saturated rings. The molecule has 0 bridgehead atoms. The number of hydrogen-bond acceptors (Lipinski definition) is 5. The van der Waals surface area contributed by atoms with Crippen LogP contribution < -0.4 is 15.4 Å². The van der Waals surface area contributed by atoms with Crippen molar-refractivity contribution in [2.24, 2.45) is 0 Å². The van der Waals surface area contributed by atoms with E-state index in [9.17, 15) is 27.6 Å². The van der Waals surface area contributed by atoms with Gasteiger partial charge in [0.25, 0.3) is 5.91 Å². The molecule has 11 heteroatoms. The minimum absolute atomic E-state index is 0.0127. The summed E-state index contributed by atoms with van der Waals surface area (Å²) in [6.07, 6.45) is 0. The summed E-state index contributed by atoms with van der Waals surface area (Å²) in [5.74, 6) is -4.79. The van der Waals surface area contributed by atoms with Gasteiger partial charge in [0.05, 0.1) is 11.0 Å². The average molecular weight is 475 g/mol. The Morgan fingerprint density at radius 1 is 0.931 bits per heavy atom. The van der Waals surface area contributed by atoms with Crippen LogP contribution in [0.3, 0.4) is 0 Å². The lowest BCUT2D eigenvalue weighted by atomic mass is 10.3. The fraction of sp³-hybridized carbons (Fsp3) is 0.167. The smallest absolute Gasteiger partial charge is 0.344 e. The van der Waals surface area contributed by atoms with Gasteiger partial charge in [0, 0.05) is 11.8 Å². The highest BCUT2D eigenvalue weighted by Crippen LogP contribution is 2.25. The Morgan fingerprint density at radius 2 is 1.69 bits per heavy atom. The summed E-state index contributed by atoms with van der Waals surface area (Å²) < 4.78 is 48.9. The number of carbonyl (C=O) groups excluding carboxylic acids is 3. The van der Waals surface area contributed by atoms with Gasteiger partial charge in [-0.05, 0) is 46.3 Å². The molecule has 0 aromatic heterocycles. The van der Waals surface area contributed by atoms with Gasteiger partial charge in [0.1, 0.15) is 11.6 Å². The van der Waals surface area contributed by atoms with E-state index in [1.165, 1.54) is 6.07 Å². The van der Waals surface area contributed by atoms with E-state index in [1.54, 1.807) is 0 Å². The largest absolute Gasteiger partial charge is 0.481 e. The molecule has 0 aliphatic heterocycles. The Balaban J connectivity index is 1.67. The molecule has 0 aliphatic rings. The lowest BCUT2D eigenvalue weighted by Gasteiger charge is -2.09. The molecule has 0 atom stereocenters. The lowest BCUT2D eigenvalue weighted by Crippen LogP contribution is -2.36. The van der Waals surface area contributed by atoms with E-state index in [0.29, 0.717) is 4.47 Å². The van der Waals surface area contributed by atoms with Gasteiger partial charge >= 0.3 is 5.97 Å². The molecule has 0 unspecified atom stereocenters. The van der Waals surface area contributed by atoms with Crippen LogP contribution in [0.2, 0.25) is 0 Å². The Kier molecular flexibility index (Phi) is 8.01. The van der Waals surface area contributed by atoms with Gasteiger partial charge in [-0.25, -0.2) is 18.0 Å². The van der Waals surface area contributed by atoms with Crippen LogP contribution in [0.25, 0.3) is 0 Å². The number of amides is 2. The van der Waals surface area contributed by atoms with Crippen LogP contribution in [0, 0.1) is 17.5 Å². The van der Waals surface area contributed by atoms with Gasteiger partial charge in [-0.1, -0.05) is 0 Å². The fourth-order valence-corrected chi connectivity index (χ4v) is 2.39. The van der Waals surface area contributed by atoms with Gasteiger partial charge in [0.15, 0.2) is 24.8 Å². The molecule has 0 saturated carbocycles. The molecule has 0 spiro atoms. The molecule has 7 nitrogen and oxygen atoms in total. The van der Waals surface area contributed by atoms with E-state index in [1.807, 2.05) is 0 Å². The molecule has 2 N–H and O–H groups in total. The molecule has 2 aromatic rings. The van der Waals surface area contributed by atoms with Crippen molar-refractivity contribution in [3.8, 4) is 5.75 Å². The summed E-state index contributed by atoms with van der Waals surface area (Å²) >= 11 is 3.07. The topological polar surface area (TPSA) is 93.7 Å². The monoisotopic (exact) mass is 474 g/mol. The number of halogens is 4. The number of ether oxygens (including phenoxy) is 2. The number of benzene rings is 2. The van der Waals surface area contributed by atoms with Crippen molar-refractivity contribution in [1.29, 1.82) is 0 Å². The third-order valence-electron chi connectivity index (χ3n) is 3.25. The summed E-state index contributed by atoms with van der Waals surface area (Å²) in [6, 6.07) is 6.39. The second-order valence-electron chi connectivity index (χ2n) is 5.48. The number of carbonyl (C=O) groups is 3. The highest BCUT2D eigenvalue weighted by molar-refractivity contribution is 9.10. The quantitative estimate of drug-likeness (QED) is 0.573. The highest BCUT2D eigenvalue weighted by Gasteiger charge is 2.12. The van der Waals surface area contributed by atoms with Crippen molar-refractivity contribution in [3.63, 3.8) is 0 Å². The molecule has 0 aliphatic carbocycles. The van der Waals surface area contributed by atoms with E-state index < -0.39 is 55.0 Å².